The van der Waals surface area contributed by atoms with E-state index in [0.29, 0.717) is 17.8 Å². The number of para-hydroxylation sites is 1. The van der Waals surface area contributed by atoms with Crippen LogP contribution >= 0.6 is 0 Å². The molecule has 3 aromatic heterocycles. The van der Waals surface area contributed by atoms with Crippen LogP contribution in [0.15, 0.2) is 96.7 Å². The van der Waals surface area contributed by atoms with Crippen molar-refractivity contribution in [2.24, 2.45) is 5.92 Å². The smallest absolute Gasteiger partial charge is 0.137 e. The molecule has 1 unspecified atom stereocenters. The summed E-state index contributed by atoms with van der Waals surface area (Å²) in [5.74, 6) is 3.95. The summed E-state index contributed by atoms with van der Waals surface area (Å²) < 4.78 is 10.9. The van der Waals surface area contributed by atoms with Gasteiger partial charge in [0.05, 0.1) is 22.4 Å². The average Bonchev–Trinajstić information content (AvgIpc) is 3.53. The highest BCUT2D eigenvalue weighted by molar-refractivity contribution is 6.09. The van der Waals surface area contributed by atoms with Crippen LogP contribution in [0.25, 0.3) is 33.3 Å². The van der Waals surface area contributed by atoms with Gasteiger partial charge in [-0.05, 0) is 93.0 Å². The number of benzene rings is 3. The topological polar surface area (TPSA) is 44.9 Å². The first-order chi connectivity index (χ1) is 21.8. The second kappa shape index (κ2) is 11.7. The monoisotopic (exact) mass is 594 g/mol. The third-order valence-corrected chi connectivity index (χ3v) is 9.67. The van der Waals surface area contributed by atoms with Gasteiger partial charge in [0, 0.05) is 46.3 Å². The van der Waals surface area contributed by atoms with Crippen molar-refractivity contribution < 1.29 is 4.74 Å². The van der Waals surface area contributed by atoms with Gasteiger partial charge in [-0.25, -0.2) is 9.67 Å². The fourth-order valence-electron chi connectivity index (χ4n) is 7.37. The predicted octanol–water partition coefficient (Wildman–Crippen LogP) is 10.7. The van der Waals surface area contributed by atoms with Crippen LogP contribution in [0.2, 0.25) is 0 Å². The highest BCUT2D eigenvalue weighted by atomic mass is 16.5. The lowest BCUT2D eigenvalue weighted by atomic mass is 9.74. The number of hydrogen-bond acceptors (Lipinski definition) is 3. The molecule has 3 aromatic carbocycles. The van der Waals surface area contributed by atoms with Crippen molar-refractivity contribution >= 4 is 21.8 Å². The largest absolute Gasteiger partial charge is 0.457 e. The van der Waals surface area contributed by atoms with Gasteiger partial charge in [-0.3, -0.25) is 4.57 Å². The second-order valence-electron chi connectivity index (χ2n) is 12.9. The van der Waals surface area contributed by atoms with Crippen LogP contribution in [0, 0.1) is 19.8 Å². The third-order valence-electron chi connectivity index (χ3n) is 9.67. The normalized spacial score (nSPS) is 16.9. The van der Waals surface area contributed by atoms with E-state index in [0.717, 1.165) is 46.2 Å². The van der Waals surface area contributed by atoms with E-state index in [-0.39, 0.29) is 0 Å². The first-order valence-electron chi connectivity index (χ1n) is 16.4. The first kappa shape index (κ1) is 29.1. The van der Waals surface area contributed by atoms with E-state index in [2.05, 4.69) is 130 Å². The van der Waals surface area contributed by atoms with Gasteiger partial charge in [-0.2, -0.15) is 5.10 Å². The number of rotatable bonds is 7. The summed E-state index contributed by atoms with van der Waals surface area (Å²) in [6.07, 6.45) is 7.87. The number of nitrogens with zero attached hydrogens (tertiary/aromatic N) is 4. The van der Waals surface area contributed by atoms with Gasteiger partial charge in [0.2, 0.25) is 0 Å². The highest BCUT2D eigenvalue weighted by Crippen LogP contribution is 2.43. The lowest BCUT2D eigenvalue weighted by molar-refractivity contribution is 0.440. The van der Waals surface area contributed by atoms with Crippen LogP contribution in [-0.4, -0.2) is 19.3 Å². The molecule has 0 fully saturated rings. The molecule has 3 heterocycles. The molecular formula is C40H42N4O. The van der Waals surface area contributed by atoms with Gasteiger partial charge in [-0.1, -0.05) is 63.6 Å². The predicted molar refractivity (Wildman–Crippen MR) is 185 cm³/mol. The SMILES string of the molecule is CCC1=CCC[C@H](C)C1c1c(C)nn(-c2cccc(Oc3ccc4c5ccccc5n(-c5cc(C(C)C)ccn5)c4c3)c2)c1C. The molecule has 0 saturated carbocycles. The molecular weight excluding hydrogens is 552 g/mol. The number of allylic oxidation sites excluding steroid dienone is 2. The van der Waals surface area contributed by atoms with E-state index in [1.54, 1.807) is 5.57 Å². The van der Waals surface area contributed by atoms with E-state index >= 15 is 0 Å². The van der Waals surface area contributed by atoms with E-state index in [9.17, 15) is 0 Å². The van der Waals surface area contributed by atoms with E-state index in [1.807, 2.05) is 12.3 Å². The summed E-state index contributed by atoms with van der Waals surface area (Å²) in [6, 6.07) is 27.5. The Morgan fingerprint density at radius 2 is 1.69 bits per heavy atom. The summed E-state index contributed by atoms with van der Waals surface area (Å²) in [7, 11) is 0. The molecule has 2 atom stereocenters. The van der Waals surface area contributed by atoms with E-state index in [1.165, 1.54) is 40.4 Å². The molecule has 0 aliphatic heterocycles. The van der Waals surface area contributed by atoms with E-state index in [4.69, 9.17) is 14.8 Å². The van der Waals surface area contributed by atoms with Crippen molar-refractivity contribution in [1.82, 2.24) is 19.3 Å². The Kier molecular flexibility index (Phi) is 7.56. The molecule has 1 aliphatic carbocycles. The fraction of sp³-hybridized carbons (Fsp3) is 0.300. The lowest BCUT2D eigenvalue weighted by Crippen LogP contribution is -2.17. The van der Waals surface area contributed by atoms with Crippen LogP contribution in [0.4, 0.5) is 0 Å². The number of aromatic nitrogens is 4. The Morgan fingerprint density at radius 3 is 2.51 bits per heavy atom. The van der Waals surface area contributed by atoms with Crippen LogP contribution in [0.3, 0.4) is 0 Å². The minimum Gasteiger partial charge on any atom is -0.457 e. The Balaban J connectivity index is 1.26. The maximum atomic E-state index is 6.56. The number of ether oxygens (including phenoxy) is 1. The quantitative estimate of drug-likeness (QED) is 0.173. The van der Waals surface area contributed by atoms with Crippen molar-refractivity contribution in [3.8, 4) is 23.0 Å². The van der Waals surface area contributed by atoms with Crippen molar-refractivity contribution in [3.05, 3.63) is 119 Å². The van der Waals surface area contributed by atoms with Gasteiger partial charge in [-0.15, -0.1) is 0 Å². The summed E-state index contributed by atoms with van der Waals surface area (Å²) in [6.45, 7) is 13.5. The van der Waals surface area contributed by atoms with Crippen molar-refractivity contribution in [3.63, 3.8) is 0 Å². The van der Waals surface area contributed by atoms with Crippen LogP contribution in [-0.2, 0) is 0 Å². The highest BCUT2D eigenvalue weighted by Gasteiger charge is 2.30. The minimum absolute atomic E-state index is 0.417. The molecule has 45 heavy (non-hydrogen) atoms. The number of pyridine rings is 1. The molecule has 228 valence electrons. The lowest BCUT2D eigenvalue weighted by Gasteiger charge is -2.30. The fourth-order valence-corrected chi connectivity index (χ4v) is 7.37. The first-order valence-corrected chi connectivity index (χ1v) is 16.4. The molecule has 0 N–H and O–H groups in total. The molecule has 0 bridgehead atoms. The van der Waals surface area contributed by atoms with Crippen LogP contribution in [0.1, 0.15) is 81.3 Å². The van der Waals surface area contributed by atoms with Gasteiger partial charge in [0.1, 0.15) is 17.3 Å². The number of aryl methyl sites for hydroxylation is 1. The standard InChI is InChI=1S/C40H42N4O/c1-7-29-13-10-12-26(4)39(29)40-27(5)42-44(28(40)6)31-14-11-15-32(23-31)45-33-18-19-35-34-16-8-9-17-36(34)43(37(35)24-33)38-22-30(25(2)3)20-21-41-38/h8-9,11,13-26,39H,7,10,12H2,1-6H3/t26-,39?/m0/s1. The van der Waals surface area contributed by atoms with Crippen LogP contribution < -0.4 is 4.74 Å². The molecule has 0 amide bonds. The molecule has 6 aromatic rings. The van der Waals surface area contributed by atoms with Crippen molar-refractivity contribution in [2.75, 3.05) is 0 Å². The summed E-state index contributed by atoms with van der Waals surface area (Å²) in [4.78, 5) is 4.80. The van der Waals surface area contributed by atoms with Crippen LogP contribution in [0.5, 0.6) is 11.5 Å². The van der Waals surface area contributed by atoms with E-state index < -0.39 is 0 Å². The zero-order valence-corrected chi connectivity index (χ0v) is 27.2. The second-order valence-corrected chi connectivity index (χ2v) is 12.9. The molecule has 0 radical (unpaired) electrons. The Morgan fingerprint density at radius 1 is 0.889 bits per heavy atom. The molecule has 0 spiro atoms. The molecule has 7 rings (SSSR count). The molecule has 5 heteroatoms. The maximum Gasteiger partial charge on any atom is 0.137 e. The Bertz CT molecular complexity index is 2060. The zero-order valence-electron chi connectivity index (χ0n) is 27.2. The maximum absolute atomic E-state index is 6.56. The van der Waals surface area contributed by atoms with Gasteiger partial charge >= 0.3 is 0 Å². The Hall–Kier alpha value is -4.64. The van der Waals surface area contributed by atoms with Gasteiger partial charge < -0.3 is 4.74 Å². The van der Waals surface area contributed by atoms with Gasteiger partial charge in [0.15, 0.2) is 0 Å². The van der Waals surface area contributed by atoms with Gasteiger partial charge in [0.25, 0.3) is 0 Å². The summed E-state index contributed by atoms with van der Waals surface area (Å²) in [5.41, 5.74) is 9.74. The Labute approximate surface area is 266 Å². The molecule has 1 aliphatic rings. The molecule has 5 nitrogen and oxygen atoms in total. The summed E-state index contributed by atoms with van der Waals surface area (Å²) >= 11 is 0. The third kappa shape index (κ3) is 5.14. The minimum atomic E-state index is 0.417. The van der Waals surface area contributed by atoms with Crippen molar-refractivity contribution in [2.45, 2.75) is 72.6 Å². The zero-order chi connectivity index (χ0) is 31.2. The molecule has 0 saturated heterocycles. The van der Waals surface area contributed by atoms with Crippen molar-refractivity contribution in [1.29, 1.82) is 0 Å². The average molecular weight is 595 g/mol. The summed E-state index contributed by atoms with van der Waals surface area (Å²) in [5, 5.41) is 7.44. The number of fused-ring (bicyclic) bond motifs is 3. The number of hydrogen-bond donors (Lipinski definition) is 0.